The molecule has 0 saturated carbocycles. The van der Waals surface area contributed by atoms with Crippen LogP contribution in [0.4, 0.5) is 18.9 Å². The number of aliphatic carboxylic acids is 1. The third-order valence-corrected chi connectivity index (χ3v) is 5.24. The van der Waals surface area contributed by atoms with E-state index in [1.54, 1.807) is 0 Å². The molecule has 3 aromatic rings. The molecule has 0 atom stereocenters. The molecule has 1 aromatic heterocycles. The maximum Gasteiger partial charge on any atom is 0.490 e. The standard InChI is InChI=1S/C21H23N5O.C2HF3O2/c1-15-8-9-16(10-18(15)20(27)23-17-6-4-3-5-7-17)19-11-26(25-24-19)14-21(2)12-22-13-21;3-2(4,5)1(6)7/h3-11,22H,12-14H2,1-2H3,(H,23,27);(H,6,7). The fourth-order valence-corrected chi connectivity index (χ4v) is 3.31. The Balaban J connectivity index is 0.000000406. The average molecular weight is 475 g/mol. The van der Waals surface area contributed by atoms with E-state index in [0.717, 1.165) is 42.1 Å². The van der Waals surface area contributed by atoms with Crippen molar-refractivity contribution >= 4 is 17.6 Å². The number of benzene rings is 2. The molecule has 8 nitrogen and oxygen atoms in total. The van der Waals surface area contributed by atoms with Crippen molar-refractivity contribution in [3.05, 3.63) is 65.9 Å². The van der Waals surface area contributed by atoms with Gasteiger partial charge in [0.15, 0.2) is 0 Å². The maximum atomic E-state index is 12.7. The first-order valence-corrected chi connectivity index (χ1v) is 10.4. The van der Waals surface area contributed by atoms with Crippen molar-refractivity contribution in [1.82, 2.24) is 20.3 Å². The minimum atomic E-state index is -5.08. The molecule has 180 valence electrons. The monoisotopic (exact) mass is 475 g/mol. The Morgan fingerprint density at radius 2 is 1.82 bits per heavy atom. The molecule has 0 aliphatic carbocycles. The van der Waals surface area contributed by atoms with Crippen LogP contribution in [0.25, 0.3) is 11.3 Å². The number of hydrogen-bond donors (Lipinski definition) is 3. The highest BCUT2D eigenvalue weighted by atomic mass is 19.4. The fraction of sp³-hybridized carbons (Fsp3) is 0.304. The number of rotatable bonds is 5. The molecule has 1 aliphatic heterocycles. The van der Waals surface area contributed by atoms with Gasteiger partial charge in [-0.3, -0.25) is 9.48 Å². The van der Waals surface area contributed by atoms with Gasteiger partial charge in [-0.05, 0) is 30.7 Å². The van der Waals surface area contributed by atoms with E-state index < -0.39 is 12.1 Å². The van der Waals surface area contributed by atoms with Crippen molar-refractivity contribution in [3.63, 3.8) is 0 Å². The largest absolute Gasteiger partial charge is 0.490 e. The zero-order valence-corrected chi connectivity index (χ0v) is 18.6. The van der Waals surface area contributed by atoms with E-state index in [4.69, 9.17) is 9.90 Å². The van der Waals surface area contributed by atoms with E-state index in [-0.39, 0.29) is 11.3 Å². The summed E-state index contributed by atoms with van der Waals surface area (Å²) in [4.78, 5) is 21.6. The van der Waals surface area contributed by atoms with Gasteiger partial charge in [0.1, 0.15) is 5.69 Å². The minimum absolute atomic E-state index is 0.124. The van der Waals surface area contributed by atoms with Gasteiger partial charge in [0, 0.05) is 35.3 Å². The summed E-state index contributed by atoms with van der Waals surface area (Å²) in [5, 5.41) is 21.9. The van der Waals surface area contributed by atoms with Gasteiger partial charge in [-0.25, -0.2) is 4.79 Å². The molecule has 11 heteroatoms. The zero-order chi connectivity index (χ0) is 24.9. The maximum absolute atomic E-state index is 12.7. The van der Waals surface area contributed by atoms with Crippen LogP contribution in [0.2, 0.25) is 0 Å². The number of carboxylic acid groups (broad SMARTS) is 1. The molecule has 1 saturated heterocycles. The molecule has 3 N–H and O–H groups in total. The number of aromatic nitrogens is 3. The van der Waals surface area contributed by atoms with Crippen molar-refractivity contribution in [1.29, 1.82) is 0 Å². The van der Waals surface area contributed by atoms with Gasteiger partial charge >= 0.3 is 12.1 Å². The summed E-state index contributed by atoms with van der Waals surface area (Å²) in [7, 11) is 0. The number of nitrogens with one attached hydrogen (secondary N) is 2. The molecule has 2 heterocycles. The first-order chi connectivity index (χ1) is 16.0. The predicted molar refractivity (Wildman–Crippen MR) is 119 cm³/mol. The Morgan fingerprint density at radius 3 is 2.38 bits per heavy atom. The van der Waals surface area contributed by atoms with Crippen LogP contribution in [-0.4, -0.2) is 51.2 Å². The van der Waals surface area contributed by atoms with Gasteiger partial charge in [-0.15, -0.1) is 5.10 Å². The Hall–Kier alpha value is -3.73. The number of amides is 1. The van der Waals surface area contributed by atoms with Gasteiger partial charge in [0.2, 0.25) is 0 Å². The first-order valence-electron chi connectivity index (χ1n) is 10.4. The summed E-state index contributed by atoms with van der Waals surface area (Å²) in [5.74, 6) is -2.88. The van der Waals surface area contributed by atoms with Crippen LogP contribution >= 0.6 is 0 Å². The molecule has 0 bridgehead atoms. The van der Waals surface area contributed by atoms with Crippen molar-refractivity contribution in [3.8, 4) is 11.3 Å². The van der Waals surface area contributed by atoms with Crippen molar-refractivity contribution in [2.75, 3.05) is 18.4 Å². The molecule has 4 rings (SSSR count). The number of carbonyl (C=O) groups excluding carboxylic acids is 1. The lowest BCUT2D eigenvalue weighted by molar-refractivity contribution is -0.192. The van der Waals surface area contributed by atoms with E-state index in [0.29, 0.717) is 5.56 Å². The third-order valence-electron chi connectivity index (χ3n) is 5.24. The smallest absolute Gasteiger partial charge is 0.475 e. The summed E-state index contributed by atoms with van der Waals surface area (Å²) in [6, 6.07) is 15.3. The normalized spacial score (nSPS) is 14.4. The number of aryl methyl sites for hydroxylation is 1. The van der Waals surface area contributed by atoms with Crippen LogP contribution in [0.5, 0.6) is 0 Å². The van der Waals surface area contributed by atoms with Gasteiger partial charge in [0.25, 0.3) is 5.91 Å². The highest BCUT2D eigenvalue weighted by Gasteiger charge is 2.38. The molecule has 1 aliphatic rings. The summed E-state index contributed by atoms with van der Waals surface area (Å²) in [6.45, 7) is 7.00. The van der Waals surface area contributed by atoms with Gasteiger partial charge < -0.3 is 15.7 Å². The van der Waals surface area contributed by atoms with Crippen molar-refractivity contribution < 1.29 is 27.9 Å². The summed E-state index contributed by atoms with van der Waals surface area (Å²) >= 11 is 0. The lowest BCUT2D eigenvalue weighted by Gasteiger charge is -2.38. The number of hydrogen-bond acceptors (Lipinski definition) is 5. The topological polar surface area (TPSA) is 109 Å². The molecule has 34 heavy (non-hydrogen) atoms. The second kappa shape index (κ2) is 10.0. The molecule has 1 fully saturated rings. The number of alkyl halides is 3. The van der Waals surface area contributed by atoms with E-state index in [1.807, 2.05) is 66.3 Å². The Bertz CT molecular complexity index is 1160. The number of para-hydroxylation sites is 1. The number of carboxylic acids is 1. The Morgan fingerprint density at radius 1 is 1.18 bits per heavy atom. The van der Waals surface area contributed by atoms with Crippen LogP contribution in [0.3, 0.4) is 0 Å². The van der Waals surface area contributed by atoms with Gasteiger partial charge in [-0.2, -0.15) is 13.2 Å². The van der Waals surface area contributed by atoms with Crippen LogP contribution in [-0.2, 0) is 11.3 Å². The number of halogens is 3. The van der Waals surface area contributed by atoms with Crippen LogP contribution in [0.1, 0.15) is 22.8 Å². The second-order valence-corrected chi connectivity index (χ2v) is 8.37. The van der Waals surface area contributed by atoms with E-state index >= 15 is 0 Å². The van der Waals surface area contributed by atoms with Gasteiger partial charge in [-0.1, -0.05) is 42.5 Å². The predicted octanol–water partition coefficient (Wildman–Crippen LogP) is 3.75. The second-order valence-electron chi connectivity index (χ2n) is 8.37. The molecule has 0 spiro atoms. The van der Waals surface area contributed by atoms with Gasteiger partial charge in [0.05, 0.1) is 12.7 Å². The Labute approximate surface area is 193 Å². The molecule has 0 unspecified atom stereocenters. The highest BCUT2D eigenvalue weighted by Crippen LogP contribution is 2.25. The SMILES string of the molecule is Cc1ccc(-c2cn(CC3(C)CNC3)nn2)cc1C(=O)Nc1ccccc1.O=C(O)C(F)(F)F. The van der Waals surface area contributed by atoms with E-state index in [2.05, 4.69) is 27.9 Å². The average Bonchev–Trinajstić information content (AvgIpc) is 3.21. The van der Waals surface area contributed by atoms with Crippen LogP contribution in [0.15, 0.2) is 54.7 Å². The minimum Gasteiger partial charge on any atom is -0.475 e. The van der Waals surface area contributed by atoms with Crippen LogP contribution < -0.4 is 10.6 Å². The third kappa shape index (κ3) is 6.41. The molecule has 2 aromatic carbocycles. The molecule has 0 radical (unpaired) electrons. The first kappa shape index (κ1) is 24.9. The lowest BCUT2D eigenvalue weighted by atomic mass is 9.84. The quantitative estimate of drug-likeness (QED) is 0.519. The number of carbonyl (C=O) groups is 2. The molecular formula is C23H24F3N5O3. The summed E-state index contributed by atoms with van der Waals surface area (Å²) in [6.07, 6.45) is -3.13. The van der Waals surface area contributed by atoms with E-state index in [1.165, 1.54) is 0 Å². The summed E-state index contributed by atoms with van der Waals surface area (Å²) in [5.41, 5.74) is 4.25. The number of nitrogens with zero attached hydrogens (tertiary/aromatic N) is 3. The highest BCUT2D eigenvalue weighted by molar-refractivity contribution is 6.05. The Kier molecular flexibility index (Phi) is 7.35. The molecular weight excluding hydrogens is 451 g/mol. The molecule has 1 amide bonds. The lowest BCUT2D eigenvalue weighted by Crippen LogP contribution is -2.53. The number of anilines is 1. The van der Waals surface area contributed by atoms with Crippen molar-refractivity contribution in [2.45, 2.75) is 26.6 Å². The van der Waals surface area contributed by atoms with Crippen molar-refractivity contribution in [2.24, 2.45) is 5.41 Å². The fourth-order valence-electron chi connectivity index (χ4n) is 3.31. The zero-order valence-electron chi connectivity index (χ0n) is 18.6. The van der Waals surface area contributed by atoms with E-state index in [9.17, 15) is 18.0 Å². The summed E-state index contributed by atoms with van der Waals surface area (Å²) < 4.78 is 33.6. The van der Waals surface area contributed by atoms with Crippen LogP contribution in [0, 0.1) is 12.3 Å².